The second-order valence-corrected chi connectivity index (χ2v) is 4.76. The van der Waals surface area contributed by atoms with Crippen LogP contribution >= 0.6 is 22.9 Å². The lowest BCUT2D eigenvalue weighted by Crippen LogP contribution is -1.82. The van der Waals surface area contributed by atoms with Gasteiger partial charge >= 0.3 is 0 Å². The summed E-state index contributed by atoms with van der Waals surface area (Å²) in [5.74, 6) is 0.433. The van der Waals surface area contributed by atoms with Gasteiger partial charge in [0.2, 0.25) is 0 Å². The molecule has 0 spiro atoms. The standard InChI is InChI=1S/C11H11ClN2S/c1-7-3-4-9(5-8(7)2)11-14-13-10(6-12)15-11/h3-5H,6H2,1-2H3. The topological polar surface area (TPSA) is 25.8 Å². The average Bonchev–Trinajstić information content (AvgIpc) is 2.70. The van der Waals surface area contributed by atoms with Gasteiger partial charge < -0.3 is 0 Å². The molecule has 0 fully saturated rings. The van der Waals surface area contributed by atoms with Gasteiger partial charge in [-0.15, -0.1) is 21.8 Å². The molecule has 4 heteroatoms. The Balaban J connectivity index is 2.40. The molecule has 0 saturated carbocycles. The van der Waals surface area contributed by atoms with Gasteiger partial charge in [0.15, 0.2) is 0 Å². The third-order valence-electron chi connectivity index (χ3n) is 2.34. The molecule has 0 unspecified atom stereocenters. The van der Waals surface area contributed by atoms with Crippen molar-refractivity contribution in [2.24, 2.45) is 0 Å². The highest BCUT2D eigenvalue weighted by Crippen LogP contribution is 2.25. The molecule has 0 saturated heterocycles. The minimum absolute atomic E-state index is 0.433. The Bertz CT molecular complexity index is 479. The van der Waals surface area contributed by atoms with Crippen LogP contribution in [0.2, 0.25) is 0 Å². The molecule has 0 amide bonds. The number of halogens is 1. The van der Waals surface area contributed by atoms with Crippen LogP contribution in [0.25, 0.3) is 10.6 Å². The molecule has 2 aromatic rings. The van der Waals surface area contributed by atoms with Crippen LogP contribution in [-0.2, 0) is 5.88 Å². The van der Waals surface area contributed by atoms with Crippen molar-refractivity contribution in [3.63, 3.8) is 0 Å². The number of nitrogens with zero attached hydrogens (tertiary/aromatic N) is 2. The highest BCUT2D eigenvalue weighted by atomic mass is 35.5. The largest absolute Gasteiger partial charge is 0.147 e. The van der Waals surface area contributed by atoms with Gasteiger partial charge in [0, 0.05) is 5.56 Å². The predicted octanol–water partition coefficient (Wildman–Crippen LogP) is 3.56. The second kappa shape index (κ2) is 4.29. The van der Waals surface area contributed by atoms with Crippen molar-refractivity contribution in [3.8, 4) is 10.6 Å². The summed E-state index contributed by atoms with van der Waals surface area (Å²) in [6.07, 6.45) is 0. The Hall–Kier alpha value is -0.930. The summed E-state index contributed by atoms with van der Waals surface area (Å²) in [5.41, 5.74) is 3.68. The Kier molecular flexibility index (Phi) is 3.03. The molecule has 0 bridgehead atoms. The van der Waals surface area contributed by atoms with E-state index in [1.165, 1.54) is 11.1 Å². The lowest BCUT2D eigenvalue weighted by atomic mass is 10.1. The summed E-state index contributed by atoms with van der Waals surface area (Å²) in [4.78, 5) is 0. The van der Waals surface area contributed by atoms with Crippen molar-refractivity contribution in [1.29, 1.82) is 0 Å². The smallest absolute Gasteiger partial charge is 0.142 e. The van der Waals surface area contributed by atoms with Crippen molar-refractivity contribution in [3.05, 3.63) is 34.3 Å². The molecular formula is C11H11ClN2S. The zero-order chi connectivity index (χ0) is 10.8. The van der Waals surface area contributed by atoms with Crippen LogP contribution in [0, 0.1) is 13.8 Å². The number of alkyl halides is 1. The molecule has 0 aliphatic heterocycles. The first-order valence-corrected chi connectivity index (χ1v) is 6.02. The molecular weight excluding hydrogens is 228 g/mol. The molecule has 0 aliphatic rings. The highest BCUT2D eigenvalue weighted by molar-refractivity contribution is 7.14. The summed E-state index contributed by atoms with van der Waals surface area (Å²) >= 11 is 7.24. The van der Waals surface area contributed by atoms with Gasteiger partial charge in [0.05, 0.1) is 5.88 Å². The van der Waals surface area contributed by atoms with E-state index in [0.29, 0.717) is 5.88 Å². The number of benzene rings is 1. The first-order chi connectivity index (χ1) is 7.20. The van der Waals surface area contributed by atoms with Crippen LogP contribution in [0.1, 0.15) is 16.1 Å². The molecule has 15 heavy (non-hydrogen) atoms. The molecule has 0 radical (unpaired) electrons. The summed E-state index contributed by atoms with van der Waals surface area (Å²) < 4.78 is 0. The molecule has 0 aliphatic carbocycles. The van der Waals surface area contributed by atoms with Crippen LogP contribution in [-0.4, -0.2) is 10.2 Å². The minimum Gasteiger partial charge on any atom is -0.142 e. The van der Waals surface area contributed by atoms with Crippen molar-refractivity contribution in [2.75, 3.05) is 0 Å². The minimum atomic E-state index is 0.433. The van der Waals surface area contributed by atoms with Gasteiger partial charge in [-0.1, -0.05) is 23.5 Å². The molecule has 0 atom stereocenters. The van der Waals surface area contributed by atoms with Gasteiger partial charge in [-0.3, -0.25) is 0 Å². The van der Waals surface area contributed by atoms with Gasteiger partial charge in [-0.25, -0.2) is 0 Å². The van der Waals surface area contributed by atoms with Crippen LogP contribution in [0.3, 0.4) is 0 Å². The van der Waals surface area contributed by atoms with Crippen molar-refractivity contribution >= 4 is 22.9 Å². The van der Waals surface area contributed by atoms with Crippen LogP contribution in [0.4, 0.5) is 0 Å². The molecule has 1 aromatic heterocycles. The zero-order valence-electron chi connectivity index (χ0n) is 8.62. The van der Waals surface area contributed by atoms with Crippen molar-refractivity contribution in [1.82, 2.24) is 10.2 Å². The van der Waals surface area contributed by atoms with E-state index in [0.717, 1.165) is 15.6 Å². The van der Waals surface area contributed by atoms with Gasteiger partial charge in [0.25, 0.3) is 0 Å². The lowest BCUT2D eigenvalue weighted by Gasteiger charge is -2.01. The SMILES string of the molecule is Cc1ccc(-c2nnc(CCl)s2)cc1C. The summed E-state index contributed by atoms with van der Waals surface area (Å²) in [5, 5.41) is 9.92. The van der Waals surface area contributed by atoms with E-state index in [4.69, 9.17) is 11.6 Å². The fourth-order valence-electron chi connectivity index (χ4n) is 1.30. The molecule has 2 rings (SSSR count). The second-order valence-electron chi connectivity index (χ2n) is 3.43. The van der Waals surface area contributed by atoms with E-state index in [1.807, 2.05) is 0 Å². The number of hydrogen-bond donors (Lipinski definition) is 0. The Morgan fingerprint density at radius 3 is 2.60 bits per heavy atom. The Morgan fingerprint density at radius 2 is 2.00 bits per heavy atom. The highest BCUT2D eigenvalue weighted by Gasteiger charge is 2.06. The summed E-state index contributed by atoms with van der Waals surface area (Å²) in [6.45, 7) is 4.20. The molecule has 0 N–H and O–H groups in total. The van der Waals surface area contributed by atoms with E-state index in [-0.39, 0.29) is 0 Å². The maximum absolute atomic E-state index is 5.69. The van der Waals surface area contributed by atoms with E-state index < -0.39 is 0 Å². The first kappa shape index (κ1) is 10.6. The maximum Gasteiger partial charge on any atom is 0.147 e. The third-order valence-corrected chi connectivity index (χ3v) is 3.72. The monoisotopic (exact) mass is 238 g/mol. The normalized spacial score (nSPS) is 10.6. The molecule has 1 heterocycles. The number of hydrogen-bond acceptors (Lipinski definition) is 3. The Morgan fingerprint density at radius 1 is 1.20 bits per heavy atom. The average molecular weight is 239 g/mol. The van der Waals surface area contributed by atoms with Gasteiger partial charge in [0.1, 0.15) is 10.0 Å². The van der Waals surface area contributed by atoms with Gasteiger partial charge in [-0.2, -0.15) is 0 Å². The van der Waals surface area contributed by atoms with E-state index in [1.54, 1.807) is 11.3 Å². The van der Waals surface area contributed by atoms with Crippen molar-refractivity contribution < 1.29 is 0 Å². The quantitative estimate of drug-likeness (QED) is 0.748. The van der Waals surface area contributed by atoms with Crippen LogP contribution in [0.5, 0.6) is 0 Å². The maximum atomic E-state index is 5.69. The zero-order valence-corrected chi connectivity index (χ0v) is 10.2. The fourth-order valence-corrected chi connectivity index (χ4v) is 2.20. The van der Waals surface area contributed by atoms with E-state index >= 15 is 0 Å². The van der Waals surface area contributed by atoms with Crippen LogP contribution < -0.4 is 0 Å². The summed E-state index contributed by atoms with van der Waals surface area (Å²) in [6, 6.07) is 6.31. The molecule has 1 aromatic carbocycles. The first-order valence-electron chi connectivity index (χ1n) is 4.66. The summed E-state index contributed by atoms with van der Waals surface area (Å²) in [7, 11) is 0. The van der Waals surface area contributed by atoms with E-state index in [9.17, 15) is 0 Å². The lowest BCUT2D eigenvalue weighted by molar-refractivity contribution is 1.04. The predicted molar refractivity (Wildman–Crippen MR) is 64.4 cm³/mol. The third kappa shape index (κ3) is 2.19. The Labute approximate surface area is 97.9 Å². The van der Waals surface area contributed by atoms with Gasteiger partial charge in [-0.05, 0) is 31.0 Å². The molecule has 2 nitrogen and oxygen atoms in total. The number of aryl methyl sites for hydroxylation is 2. The fraction of sp³-hybridized carbons (Fsp3) is 0.273. The van der Waals surface area contributed by atoms with Crippen LogP contribution in [0.15, 0.2) is 18.2 Å². The van der Waals surface area contributed by atoms with E-state index in [2.05, 4.69) is 42.2 Å². The number of aromatic nitrogens is 2. The molecule has 78 valence electrons. The van der Waals surface area contributed by atoms with Crippen molar-refractivity contribution in [2.45, 2.75) is 19.7 Å². The number of rotatable bonds is 2.